The maximum Gasteiger partial charge on any atom is 0.230 e. The van der Waals surface area contributed by atoms with Crippen LogP contribution in [0.3, 0.4) is 0 Å². The second-order valence-electron chi connectivity index (χ2n) is 7.82. The lowest BCUT2D eigenvalue weighted by Crippen LogP contribution is -2.25. The van der Waals surface area contributed by atoms with E-state index in [0.717, 1.165) is 30.6 Å². The molecule has 148 valence electrons. The Morgan fingerprint density at radius 3 is 2.72 bits per heavy atom. The van der Waals surface area contributed by atoms with E-state index in [2.05, 4.69) is 40.3 Å². The lowest BCUT2D eigenvalue weighted by atomic mass is 10.1. The first-order valence-corrected chi connectivity index (χ1v) is 11.4. The molecule has 0 saturated carbocycles. The molecule has 2 aromatic carbocycles. The summed E-state index contributed by atoms with van der Waals surface area (Å²) in [6.45, 7) is 0.506. The number of carbonyl (C=O) groups is 1. The van der Waals surface area contributed by atoms with Crippen LogP contribution in [0.5, 0.6) is 0 Å². The van der Waals surface area contributed by atoms with Crippen molar-refractivity contribution in [3.63, 3.8) is 0 Å². The van der Waals surface area contributed by atoms with E-state index in [-0.39, 0.29) is 5.91 Å². The zero-order valence-corrected chi connectivity index (χ0v) is 17.3. The molecule has 1 aromatic heterocycles. The minimum Gasteiger partial charge on any atom is -0.350 e. The number of aromatic nitrogens is 2. The Labute approximate surface area is 175 Å². The lowest BCUT2D eigenvalue weighted by Gasteiger charge is -2.07. The fraction of sp³-hybridized carbons (Fsp3) is 0.333. The van der Waals surface area contributed by atoms with Crippen LogP contribution in [0.25, 0.3) is 5.69 Å². The van der Waals surface area contributed by atoms with Gasteiger partial charge in [-0.2, -0.15) is 5.10 Å². The monoisotopic (exact) mass is 403 g/mol. The molecule has 3 aromatic rings. The molecule has 1 N–H and O–H groups in total. The maximum absolute atomic E-state index is 12.4. The molecule has 1 amide bonds. The predicted molar refractivity (Wildman–Crippen MR) is 117 cm³/mol. The van der Waals surface area contributed by atoms with Crippen molar-refractivity contribution in [1.82, 2.24) is 15.1 Å². The molecule has 0 saturated heterocycles. The first kappa shape index (κ1) is 18.5. The molecule has 0 spiro atoms. The molecule has 2 aliphatic rings. The number of aryl methyl sites for hydroxylation is 2. The van der Waals surface area contributed by atoms with Gasteiger partial charge in [0.05, 0.1) is 23.7 Å². The second-order valence-corrected chi connectivity index (χ2v) is 8.87. The zero-order valence-electron chi connectivity index (χ0n) is 16.5. The summed E-state index contributed by atoms with van der Waals surface area (Å²) in [5.41, 5.74) is 7.65. The van der Waals surface area contributed by atoms with Crippen molar-refractivity contribution in [2.24, 2.45) is 0 Å². The standard InChI is InChI=1S/C24H25N3OS/c28-24(16-29-20-13-12-17-6-4-7-18(17)14-20)25-15-22-21-10-5-11-23(21)27(26-22)19-8-2-1-3-9-19/h1-3,8-9,12-14H,4-7,10-11,15-16H2,(H,25,28). The number of nitrogens with one attached hydrogen (secondary N) is 1. The Kier molecular flexibility index (Phi) is 5.15. The summed E-state index contributed by atoms with van der Waals surface area (Å²) in [5, 5.41) is 7.91. The van der Waals surface area contributed by atoms with Gasteiger partial charge >= 0.3 is 0 Å². The minimum atomic E-state index is 0.0662. The number of nitrogens with zero attached hydrogens (tertiary/aromatic N) is 2. The Bertz CT molecular complexity index is 1040. The van der Waals surface area contributed by atoms with E-state index in [1.54, 1.807) is 11.8 Å². The minimum absolute atomic E-state index is 0.0662. The third-order valence-electron chi connectivity index (χ3n) is 5.91. The zero-order chi connectivity index (χ0) is 19.6. The van der Waals surface area contributed by atoms with Gasteiger partial charge in [-0.25, -0.2) is 4.68 Å². The normalized spacial score (nSPS) is 14.6. The quantitative estimate of drug-likeness (QED) is 0.626. The molecule has 1 heterocycles. The molecule has 29 heavy (non-hydrogen) atoms. The summed E-state index contributed by atoms with van der Waals surface area (Å²) >= 11 is 1.62. The highest BCUT2D eigenvalue weighted by atomic mass is 32.2. The van der Waals surface area contributed by atoms with Crippen LogP contribution >= 0.6 is 11.8 Å². The summed E-state index contributed by atoms with van der Waals surface area (Å²) in [5.74, 6) is 0.511. The third kappa shape index (κ3) is 3.84. The number of benzene rings is 2. The Morgan fingerprint density at radius 1 is 1.00 bits per heavy atom. The fourth-order valence-corrected chi connectivity index (χ4v) is 5.25. The number of carbonyl (C=O) groups excluding carboxylic acids is 1. The number of hydrogen-bond acceptors (Lipinski definition) is 3. The van der Waals surface area contributed by atoms with Crippen molar-refractivity contribution in [2.45, 2.75) is 50.0 Å². The molecule has 5 heteroatoms. The summed E-state index contributed by atoms with van der Waals surface area (Å²) in [4.78, 5) is 13.6. The van der Waals surface area contributed by atoms with E-state index in [0.29, 0.717) is 12.3 Å². The van der Waals surface area contributed by atoms with E-state index in [1.165, 1.54) is 46.5 Å². The number of fused-ring (bicyclic) bond motifs is 2. The van der Waals surface area contributed by atoms with Gasteiger partial charge in [0.25, 0.3) is 0 Å². The largest absolute Gasteiger partial charge is 0.350 e. The van der Waals surface area contributed by atoms with Crippen LogP contribution in [0, 0.1) is 0 Å². The van der Waals surface area contributed by atoms with Gasteiger partial charge in [-0.1, -0.05) is 24.3 Å². The first-order chi connectivity index (χ1) is 14.3. The van der Waals surface area contributed by atoms with E-state index in [9.17, 15) is 4.79 Å². The van der Waals surface area contributed by atoms with Gasteiger partial charge in [-0.3, -0.25) is 4.79 Å². The van der Waals surface area contributed by atoms with Crippen molar-refractivity contribution in [3.8, 4) is 5.69 Å². The number of thioether (sulfide) groups is 1. The summed E-state index contributed by atoms with van der Waals surface area (Å²) in [6, 6.07) is 16.9. The molecule has 0 fully saturated rings. The predicted octanol–water partition coefficient (Wildman–Crippen LogP) is 4.26. The third-order valence-corrected chi connectivity index (χ3v) is 6.90. The summed E-state index contributed by atoms with van der Waals surface area (Å²) in [7, 11) is 0. The summed E-state index contributed by atoms with van der Waals surface area (Å²) in [6.07, 6.45) is 6.89. The van der Waals surface area contributed by atoms with Crippen LogP contribution < -0.4 is 5.32 Å². The molecule has 0 aliphatic heterocycles. The SMILES string of the molecule is O=C(CSc1ccc2c(c1)CCC2)NCc1nn(-c2ccccc2)c2c1CCC2. The average Bonchev–Trinajstić information content (AvgIpc) is 3.47. The Hall–Kier alpha value is -2.53. The van der Waals surface area contributed by atoms with Crippen LogP contribution in [-0.2, 0) is 37.0 Å². The van der Waals surface area contributed by atoms with Crippen LogP contribution in [0.15, 0.2) is 53.4 Å². The topological polar surface area (TPSA) is 46.9 Å². The van der Waals surface area contributed by atoms with Crippen molar-refractivity contribution in [2.75, 3.05) is 5.75 Å². The fourth-order valence-electron chi connectivity index (χ4n) is 4.46. The van der Waals surface area contributed by atoms with Crippen LogP contribution in [0.2, 0.25) is 0 Å². The van der Waals surface area contributed by atoms with Crippen molar-refractivity contribution in [1.29, 1.82) is 0 Å². The van der Waals surface area contributed by atoms with E-state index >= 15 is 0 Å². The van der Waals surface area contributed by atoms with E-state index in [4.69, 9.17) is 5.10 Å². The van der Waals surface area contributed by atoms with Gasteiger partial charge < -0.3 is 5.32 Å². The molecule has 0 bridgehead atoms. The lowest BCUT2D eigenvalue weighted by molar-refractivity contribution is -0.118. The number of rotatable bonds is 6. The van der Waals surface area contributed by atoms with E-state index < -0.39 is 0 Å². The highest BCUT2D eigenvalue weighted by Gasteiger charge is 2.23. The van der Waals surface area contributed by atoms with Crippen LogP contribution in [0.4, 0.5) is 0 Å². The van der Waals surface area contributed by atoms with Gasteiger partial charge in [0.15, 0.2) is 0 Å². The number of hydrogen-bond donors (Lipinski definition) is 1. The second kappa shape index (κ2) is 8.07. The Balaban J connectivity index is 1.22. The van der Waals surface area contributed by atoms with Crippen molar-refractivity contribution >= 4 is 17.7 Å². The Morgan fingerprint density at radius 2 is 1.83 bits per heavy atom. The van der Waals surface area contributed by atoms with Gasteiger partial charge in [-0.15, -0.1) is 11.8 Å². The van der Waals surface area contributed by atoms with E-state index in [1.807, 2.05) is 18.2 Å². The highest BCUT2D eigenvalue weighted by Crippen LogP contribution is 2.29. The molecular weight excluding hydrogens is 378 g/mol. The van der Waals surface area contributed by atoms with Gasteiger partial charge in [-0.05, 0) is 79.5 Å². The molecule has 0 atom stereocenters. The molecule has 0 unspecified atom stereocenters. The van der Waals surface area contributed by atoms with Crippen LogP contribution in [0.1, 0.15) is 40.9 Å². The average molecular weight is 404 g/mol. The molecule has 2 aliphatic carbocycles. The van der Waals surface area contributed by atoms with Gasteiger partial charge in [0, 0.05) is 10.6 Å². The van der Waals surface area contributed by atoms with Crippen molar-refractivity contribution < 1.29 is 4.79 Å². The molecule has 0 radical (unpaired) electrons. The van der Waals surface area contributed by atoms with Crippen molar-refractivity contribution in [3.05, 3.63) is 76.6 Å². The molecular formula is C24H25N3OS. The van der Waals surface area contributed by atoms with Crippen LogP contribution in [-0.4, -0.2) is 21.4 Å². The smallest absolute Gasteiger partial charge is 0.230 e. The summed E-state index contributed by atoms with van der Waals surface area (Å²) < 4.78 is 2.06. The first-order valence-electron chi connectivity index (χ1n) is 10.4. The molecule has 4 nitrogen and oxygen atoms in total. The van der Waals surface area contributed by atoms with Gasteiger partial charge in [0.2, 0.25) is 5.91 Å². The maximum atomic E-state index is 12.4. The number of para-hydroxylation sites is 1. The molecule has 5 rings (SSSR count). The number of amides is 1. The highest BCUT2D eigenvalue weighted by molar-refractivity contribution is 8.00. The van der Waals surface area contributed by atoms with Gasteiger partial charge in [0.1, 0.15) is 0 Å².